The van der Waals surface area contributed by atoms with E-state index in [4.69, 9.17) is 20.8 Å². The SMILES string of the molecule is CCCOc1ccc([C@@H]2c3c(oc4ccc(Cl)cc4c3=O)C(=O)N2CCC[NH+](C)C)cc1. The van der Waals surface area contributed by atoms with Gasteiger partial charge >= 0.3 is 0 Å². The molecule has 3 aromatic rings. The molecule has 0 unspecified atom stereocenters. The molecule has 2 aromatic carbocycles. The molecule has 0 bridgehead atoms. The summed E-state index contributed by atoms with van der Waals surface area (Å²) in [6.45, 7) is 4.14. The van der Waals surface area contributed by atoms with Crippen molar-refractivity contribution in [1.82, 2.24) is 4.90 Å². The molecule has 32 heavy (non-hydrogen) atoms. The quantitative estimate of drug-likeness (QED) is 0.566. The summed E-state index contributed by atoms with van der Waals surface area (Å²) < 4.78 is 11.7. The Morgan fingerprint density at radius 1 is 1.12 bits per heavy atom. The Hall–Kier alpha value is -2.83. The maximum absolute atomic E-state index is 13.5. The van der Waals surface area contributed by atoms with Crippen molar-refractivity contribution in [2.24, 2.45) is 0 Å². The van der Waals surface area contributed by atoms with E-state index < -0.39 is 6.04 Å². The van der Waals surface area contributed by atoms with Crippen LogP contribution in [0.3, 0.4) is 0 Å². The van der Waals surface area contributed by atoms with Crippen LogP contribution in [0.4, 0.5) is 0 Å². The Morgan fingerprint density at radius 3 is 2.56 bits per heavy atom. The highest BCUT2D eigenvalue weighted by Crippen LogP contribution is 2.38. The number of benzene rings is 2. The molecule has 0 spiro atoms. The molecule has 0 saturated carbocycles. The maximum atomic E-state index is 13.5. The molecule has 2 heterocycles. The Bertz CT molecular complexity index is 1190. The summed E-state index contributed by atoms with van der Waals surface area (Å²) in [5, 5.41) is 0.838. The van der Waals surface area contributed by atoms with Crippen LogP contribution in [0.25, 0.3) is 11.0 Å². The minimum atomic E-state index is -0.505. The number of hydrogen-bond donors (Lipinski definition) is 1. The van der Waals surface area contributed by atoms with E-state index in [1.54, 1.807) is 23.1 Å². The van der Waals surface area contributed by atoms with Crippen LogP contribution in [0.1, 0.15) is 47.5 Å². The van der Waals surface area contributed by atoms with Gasteiger partial charge in [0.25, 0.3) is 5.91 Å². The molecule has 0 fully saturated rings. The van der Waals surface area contributed by atoms with Crippen molar-refractivity contribution in [2.75, 3.05) is 33.8 Å². The summed E-state index contributed by atoms with van der Waals surface area (Å²) in [4.78, 5) is 29.9. The highest BCUT2D eigenvalue weighted by atomic mass is 35.5. The van der Waals surface area contributed by atoms with Gasteiger partial charge in [-0.3, -0.25) is 9.59 Å². The van der Waals surface area contributed by atoms with Crippen LogP contribution < -0.4 is 15.1 Å². The number of carbonyl (C=O) groups excluding carboxylic acids is 1. The largest absolute Gasteiger partial charge is 0.494 e. The van der Waals surface area contributed by atoms with E-state index in [0.29, 0.717) is 34.7 Å². The van der Waals surface area contributed by atoms with Gasteiger partial charge in [-0.05, 0) is 42.3 Å². The molecule has 1 aliphatic rings. The van der Waals surface area contributed by atoms with Gasteiger partial charge in [-0.2, -0.15) is 0 Å². The molecule has 7 heteroatoms. The minimum absolute atomic E-state index is 0.123. The second-order valence-electron chi connectivity index (χ2n) is 8.44. The average Bonchev–Trinajstić information content (AvgIpc) is 3.05. The number of carbonyl (C=O) groups is 1. The van der Waals surface area contributed by atoms with E-state index >= 15 is 0 Å². The number of nitrogens with one attached hydrogen (secondary N) is 1. The van der Waals surface area contributed by atoms with E-state index in [0.717, 1.165) is 30.7 Å². The van der Waals surface area contributed by atoms with E-state index in [9.17, 15) is 9.59 Å². The van der Waals surface area contributed by atoms with Crippen molar-refractivity contribution in [1.29, 1.82) is 0 Å². The smallest absolute Gasteiger partial charge is 0.290 e. The first-order valence-electron chi connectivity index (χ1n) is 11.0. The molecule has 1 atom stereocenters. The molecule has 1 N–H and O–H groups in total. The zero-order valence-corrected chi connectivity index (χ0v) is 19.4. The number of rotatable bonds is 8. The standard InChI is InChI=1S/C25H27ClN2O4/c1-4-14-31-18-9-6-16(7-10-18)22-21-23(29)19-15-17(26)8-11-20(19)32-24(21)25(30)28(22)13-5-12-27(2)3/h6-11,15,22H,4-5,12-14H2,1-3H3/p+1/t22-/m1/s1. The molecule has 6 nitrogen and oxygen atoms in total. The average molecular weight is 456 g/mol. The summed E-state index contributed by atoms with van der Waals surface area (Å²) in [5.74, 6) is 0.637. The van der Waals surface area contributed by atoms with Crippen molar-refractivity contribution in [3.8, 4) is 5.75 Å². The molecule has 1 aliphatic heterocycles. The summed E-state index contributed by atoms with van der Waals surface area (Å²) >= 11 is 6.14. The Kier molecular flexibility index (Phi) is 6.53. The van der Waals surface area contributed by atoms with Crippen LogP contribution >= 0.6 is 11.6 Å². The van der Waals surface area contributed by atoms with Crippen LogP contribution in [0.2, 0.25) is 5.02 Å². The van der Waals surface area contributed by atoms with Crippen LogP contribution in [0, 0.1) is 0 Å². The van der Waals surface area contributed by atoms with Crippen molar-refractivity contribution in [3.63, 3.8) is 0 Å². The number of quaternary nitrogens is 1. The molecule has 168 valence electrons. The summed E-state index contributed by atoms with van der Waals surface area (Å²) in [5.41, 5.74) is 1.39. The number of hydrogen-bond acceptors (Lipinski definition) is 4. The first-order chi connectivity index (χ1) is 15.4. The van der Waals surface area contributed by atoms with Crippen molar-refractivity contribution >= 4 is 28.5 Å². The topological polar surface area (TPSA) is 64.2 Å². The summed E-state index contributed by atoms with van der Waals surface area (Å²) in [6, 6.07) is 12.0. The third-order valence-corrected chi connectivity index (χ3v) is 5.91. The van der Waals surface area contributed by atoms with Gasteiger partial charge < -0.3 is 19.0 Å². The number of nitrogens with zero attached hydrogens (tertiary/aromatic N) is 1. The van der Waals surface area contributed by atoms with E-state index in [1.807, 2.05) is 24.3 Å². The van der Waals surface area contributed by atoms with Gasteiger partial charge in [0.1, 0.15) is 11.3 Å². The minimum Gasteiger partial charge on any atom is -0.494 e. The third kappa shape index (κ3) is 4.25. The van der Waals surface area contributed by atoms with Crippen molar-refractivity contribution < 1.29 is 18.8 Å². The molecule has 0 saturated heterocycles. The summed E-state index contributed by atoms with van der Waals surface area (Å²) in [7, 11) is 4.16. The molecular weight excluding hydrogens is 428 g/mol. The second kappa shape index (κ2) is 9.35. The highest BCUT2D eigenvalue weighted by Gasteiger charge is 2.42. The molecule has 1 aromatic heterocycles. The number of halogens is 1. The Balaban J connectivity index is 1.80. The van der Waals surface area contributed by atoms with Gasteiger partial charge in [-0.15, -0.1) is 0 Å². The van der Waals surface area contributed by atoms with Crippen LogP contribution in [-0.2, 0) is 0 Å². The summed E-state index contributed by atoms with van der Waals surface area (Å²) in [6.07, 6.45) is 1.74. The lowest BCUT2D eigenvalue weighted by atomic mass is 9.98. The molecule has 1 amide bonds. The first kappa shape index (κ1) is 22.4. The predicted molar refractivity (Wildman–Crippen MR) is 125 cm³/mol. The number of amides is 1. The van der Waals surface area contributed by atoms with Gasteiger partial charge in [0.05, 0.1) is 44.2 Å². The fourth-order valence-corrected chi connectivity index (χ4v) is 4.31. The Morgan fingerprint density at radius 2 is 1.88 bits per heavy atom. The molecule has 0 radical (unpaired) electrons. The van der Waals surface area contributed by atoms with E-state index in [-0.39, 0.29) is 17.1 Å². The van der Waals surface area contributed by atoms with Gasteiger partial charge in [0, 0.05) is 18.0 Å². The number of ether oxygens (including phenoxy) is 1. The fraction of sp³-hybridized carbons (Fsp3) is 0.360. The Labute approximate surface area is 192 Å². The van der Waals surface area contributed by atoms with Crippen molar-refractivity contribution in [2.45, 2.75) is 25.8 Å². The zero-order chi connectivity index (χ0) is 22.8. The van der Waals surface area contributed by atoms with Crippen LogP contribution in [0.15, 0.2) is 51.7 Å². The second-order valence-corrected chi connectivity index (χ2v) is 8.88. The molecular formula is C25H28ClN2O4+. The van der Waals surface area contributed by atoms with E-state index in [2.05, 4.69) is 21.0 Å². The predicted octanol–water partition coefficient (Wildman–Crippen LogP) is 3.32. The lowest BCUT2D eigenvalue weighted by molar-refractivity contribution is -0.858. The number of fused-ring (bicyclic) bond motifs is 2. The lowest BCUT2D eigenvalue weighted by Crippen LogP contribution is -3.05. The lowest BCUT2D eigenvalue weighted by Gasteiger charge is -2.25. The van der Waals surface area contributed by atoms with Gasteiger partial charge in [0.2, 0.25) is 5.76 Å². The first-order valence-corrected chi connectivity index (χ1v) is 11.4. The monoisotopic (exact) mass is 455 g/mol. The highest BCUT2D eigenvalue weighted by molar-refractivity contribution is 6.31. The molecule has 4 rings (SSSR count). The van der Waals surface area contributed by atoms with Crippen LogP contribution in [-0.4, -0.2) is 44.6 Å². The zero-order valence-electron chi connectivity index (χ0n) is 18.6. The normalized spacial score (nSPS) is 15.6. The van der Waals surface area contributed by atoms with Crippen LogP contribution in [0.5, 0.6) is 5.75 Å². The maximum Gasteiger partial charge on any atom is 0.290 e. The van der Waals surface area contributed by atoms with Gasteiger partial charge in [0.15, 0.2) is 5.43 Å². The molecule has 0 aliphatic carbocycles. The third-order valence-electron chi connectivity index (χ3n) is 5.67. The van der Waals surface area contributed by atoms with Crippen molar-refractivity contribution in [3.05, 3.63) is 74.6 Å². The van der Waals surface area contributed by atoms with E-state index in [1.165, 1.54) is 4.90 Å². The fourth-order valence-electron chi connectivity index (χ4n) is 4.14. The van der Waals surface area contributed by atoms with Gasteiger partial charge in [-0.25, -0.2) is 0 Å². The van der Waals surface area contributed by atoms with Gasteiger partial charge in [-0.1, -0.05) is 30.7 Å².